The molecule has 1 unspecified atom stereocenters. The maximum Gasteiger partial charge on any atom is 0.220 e. The van der Waals surface area contributed by atoms with Crippen molar-refractivity contribution in [3.8, 4) is 0 Å². The fourth-order valence-electron chi connectivity index (χ4n) is 3.08. The van der Waals surface area contributed by atoms with Crippen LogP contribution in [0.1, 0.15) is 65.7 Å². The Morgan fingerprint density at radius 1 is 1.30 bits per heavy atom. The second kappa shape index (κ2) is 7.99. The van der Waals surface area contributed by atoms with Gasteiger partial charge in [0.1, 0.15) is 0 Å². The summed E-state index contributed by atoms with van der Waals surface area (Å²) in [6.45, 7) is 7.28. The molecule has 3 atom stereocenters. The molecule has 4 nitrogen and oxygen atoms in total. The van der Waals surface area contributed by atoms with E-state index in [0.29, 0.717) is 18.9 Å². The maximum absolute atomic E-state index is 12.0. The SMILES string of the molecule is CC(C)(C)C(CCN)CCC(=O)N[C@H]1CCCC[C@@H]1O. The highest BCUT2D eigenvalue weighted by Crippen LogP contribution is 2.32. The van der Waals surface area contributed by atoms with Gasteiger partial charge < -0.3 is 16.2 Å². The minimum Gasteiger partial charge on any atom is -0.391 e. The molecule has 0 aliphatic heterocycles. The summed E-state index contributed by atoms with van der Waals surface area (Å²) in [6.07, 6.45) is 5.87. The number of hydrogen-bond acceptors (Lipinski definition) is 3. The number of carbonyl (C=O) groups excluding carboxylic acids is 1. The second-order valence-corrected chi connectivity index (χ2v) is 7.20. The largest absolute Gasteiger partial charge is 0.391 e. The van der Waals surface area contributed by atoms with Gasteiger partial charge >= 0.3 is 0 Å². The van der Waals surface area contributed by atoms with Gasteiger partial charge in [-0.05, 0) is 43.6 Å². The molecule has 0 aromatic carbocycles. The first-order chi connectivity index (χ1) is 9.34. The van der Waals surface area contributed by atoms with Crippen molar-refractivity contribution >= 4 is 5.91 Å². The number of nitrogens with two attached hydrogens (primary N) is 1. The number of amides is 1. The Kier molecular flexibility index (Phi) is 6.96. The van der Waals surface area contributed by atoms with Gasteiger partial charge in [0.15, 0.2) is 0 Å². The Hall–Kier alpha value is -0.610. The molecule has 0 radical (unpaired) electrons. The number of aliphatic hydroxyl groups is 1. The standard InChI is InChI=1S/C16H32N2O2/c1-16(2,3)12(10-11-17)8-9-15(20)18-13-6-4-5-7-14(13)19/h12-14,19H,4-11,17H2,1-3H3,(H,18,20)/t12?,13-,14-/m0/s1. The molecule has 1 saturated carbocycles. The van der Waals surface area contributed by atoms with E-state index in [1.54, 1.807) is 0 Å². The van der Waals surface area contributed by atoms with Gasteiger partial charge in [-0.1, -0.05) is 33.6 Å². The van der Waals surface area contributed by atoms with Gasteiger partial charge in [0.05, 0.1) is 12.1 Å². The molecular formula is C16H32N2O2. The monoisotopic (exact) mass is 284 g/mol. The molecule has 0 spiro atoms. The van der Waals surface area contributed by atoms with E-state index < -0.39 is 0 Å². The summed E-state index contributed by atoms with van der Waals surface area (Å²) < 4.78 is 0. The van der Waals surface area contributed by atoms with Crippen LogP contribution in [0.2, 0.25) is 0 Å². The second-order valence-electron chi connectivity index (χ2n) is 7.20. The first kappa shape index (κ1) is 17.4. The summed E-state index contributed by atoms with van der Waals surface area (Å²) in [7, 11) is 0. The first-order valence-corrected chi connectivity index (χ1v) is 8.02. The molecule has 0 aromatic heterocycles. The Labute approximate surface area is 123 Å². The van der Waals surface area contributed by atoms with Crippen LogP contribution in [0.3, 0.4) is 0 Å². The lowest BCUT2D eigenvalue weighted by Gasteiger charge is -2.31. The van der Waals surface area contributed by atoms with Crippen molar-refractivity contribution in [2.75, 3.05) is 6.54 Å². The van der Waals surface area contributed by atoms with Crippen molar-refractivity contribution in [2.24, 2.45) is 17.1 Å². The van der Waals surface area contributed by atoms with Gasteiger partial charge in [-0.25, -0.2) is 0 Å². The molecule has 0 heterocycles. The zero-order valence-electron chi connectivity index (χ0n) is 13.3. The lowest BCUT2D eigenvalue weighted by molar-refractivity contribution is -0.123. The molecule has 4 heteroatoms. The number of aliphatic hydroxyl groups excluding tert-OH is 1. The van der Waals surface area contributed by atoms with Crippen LogP contribution < -0.4 is 11.1 Å². The van der Waals surface area contributed by atoms with Crippen LogP contribution in [-0.2, 0) is 4.79 Å². The minimum absolute atomic E-state index is 0.0427. The molecule has 0 saturated heterocycles. The van der Waals surface area contributed by atoms with Gasteiger partial charge in [0.25, 0.3) is 0 Å². The van der Waals surface area contributed by atoms with Crippen molar-refractivity contribution in [3.63, 3.8) is 0 Å². The third-order valence-electron chi connectivity index (χ3n) is 4.54. The predicted molar refractivity (Wildman–Crippen MR) is 82.3 cm³/mol. The third-order valence-corrected chi connectivity index (χ3v) is 4.54. The van der Waals surface area contributed by atoms with Crippen molar-refractivity contribution in [1.82, 2.24) is 5.32 Å². The molecular weight excluding hydrogens is 252 g/mol. The van der Waals surface area contributed by atoms with Crippen LogP contribution in [0, 0.1) is 11.3 Å². The van der Waals surface area contributed by atoms with E-state index in [9.17, 15) is 9.90 Å². The number of rotatable bonds is 6. The molecule has 4 N–H and O–H groups in total. The Balaban J connectivity index is 2.37. The van der Waals surface area contributed by atoms with E-state index in [4.69, 9.17) is 5.73 Å². The molecule has 20 heavy (non-hydrogen) atoms. The van der Waals surface area contributed by atoms with E-state index in [0.717, 1.165) is 38.5 Å². The zero-order chi connectivity index (χ0) is 15.2. The van der Waals surface area contributed by atoms with E-state index in [-0.39, 0.29) is 23.5 Å². The molecule has 0 bridgehead atoms. The molecule has 1 aliphatic rings. The molecule has 118 valence electrons. The molecule has 1 fully saturated rings. The highest BCUT2D eigenvalue weighted by Gasteiger charge is 2.27. The molecule has 1 aliphatic carbocycles. The summed E-state index contributed by atoms with van der Waals surface area (Å²) >= 11 is 0. The maximum atomic E-state index is 12.0. The predicted octanol–water partition coefficient (Wildman–Crippen LogP) is 2.20. The van der Waals surface area contributed by atoms with Gasteiger partial charge in [-0.2, -0.15) is 0 Å². The Morgan fingerprint density at radius 2 is 1.95 bits per heavy atom. The molecule has 0 aromatic rings. The number of nitrogens with one attached hydrogen (secondary N) is 1. The van der Waals surface area contributed by atoms with Crippen LogP contribution in [0.4, 0.5) is 0 Å². The van der Waals surface area contributed by atoms with Crippen molar-refractivity contribution in [1.29, 1.82) is 0 Å². The van der Waals surface area contributed by atoms with Gasteiger partial charge in [0.2, 0.25) is 5.91 Å². The van der Waals surface area contributed by atoms with Crippen LogP contribution in [0.25, 0.3) is 0 Å². The molecule has 1 rings (SSSR count). The summed E-state index contributed by atoms with van der Waals surface area (Å²) in [5.74, 6) is 0.539. The normalized spacial score (nSPS) is 25.2. The highest BCUT2D eigenvalue weighted by atomic mass is 16.3. The Morgan fingerprint density at radius 3 is 2.50 bits per heavy atom. The third kappa shape index (κ3) is 5.80. The van der Waals surface area contributed by atoms with Crippen molar-refractivity contribution in [2.45, 2.75) is 77.9 Å². The van der Waals surface area contributed by atoms with Crippen LogP contribution in [0.5, 0.6) is 0 Å². The highest BCUT2D eigenvalue weighted by molar-refractivity contribution is 5.76. The van der Waals surface area contributed by atoms with E-state index >= 15 is 0 Å². The summed E-state index contributed by atoms with van der Waals surface area (Å²) in [6, 6.07) is -0.0427. The fourth-order valence-corrected chi connectivity index (χ4v) is 3.08. The van der Waals surface area contributed by atoms with Gasteiger partial charge in [0, 0.05) is 6.42 Å². The van der Waals surface area contributed by atoms with Crippen molar-refractivity contribution in [3.05, 3.63) is 0 Å². The number of carbonyl (C=O) groups is 1. The van der Waals surface area contributed by atoms with Crippen LogP contribution >= 0.6 is 0 Å². The first-order valence-electron chi connectivity index (χ1n) is 8.02. The topological polar surface area (TPSA) is 75.4 Å². The van der Waals surface area contributed by atoms with E-state index in [2.05, 4.69) is 26.1 Å². The van der Waals surface area contributed by atoms with E-state index in [1.165, 1.54) is 0 Å². The summed E-state index contributed by atoms with van der Waals surface area (Å²) in [4.78, 5) is 12.0. The average Bonchev–Trinajstić information content (AvgIpc) is 2.36. The smallest absolute Gasteiger partial charge is 0.220 e. The summed E-state index contributed by atoms with van der Waals surface area (Å²) in [5, 5.41) is 12.9. The lowest BCUT2D eigenvalue weighted by atomic mass is 9.76. The van der Waals surface area contributed by atoms with E-state index in [1.807, 2.05) is 0 Å². The van der Waals surface area contributed by atoms with Gasteiger partial charge in [-0.3, -0.25) is 4.79 Å². The minimum atomic E-state index is -0.366. The lowest BCUT2D eigenvalue weighted by Crippen LogP contribution is -2.45. The average molecular weight is 284 g/mol. The van der Waals surface area contributed by atoms with Gasteiger partial charge in [-0.15, -0.1) is 0 Å². The number of hydrogen-bond donors (Lipinski definition) is 3. The quantitative estimate of drug-likeness (QED) is 0.700. The van der Waals surface area contributed by atoms with Crippen molar-refractivity contribution < 1.29 is 9.90 Å². The fraction of sp³-hybridized carbons (Fsp3) is 0.938. The molecule has 1 amide bonds. The van der Waals surface area contributed by atoms with Crippen LogP contribution in [-0.4, -0.2) is 29.7 Å². The Bertz CT molecular complexity index is 299. The zero-order valence-corrected chi connectivity index (χ0v) is 13.3. The van der Waals surface area contributed by atoms with Crippen LogP contribution in [0.15, 0.2) is 0 Å². The summed E-state index contributed by atoms with van der Waals surface area (Å²) in [5.41, 5.74) is 5.85.